The van der Waals surface area contributed by atoms with E-state index in [1.165, 1.54) is 10.4 Å². The first-order chi connectivity index (χ1) is 14.8. The summed E-state index contributed by atoms with van der Waals surface area (Å²) in [5, 5.41) is 2.64. The summed E-state index contributed by atoms with van der Waals surface area (Å²) in [5.41, 5.74) is 2.86. The van der Waals surface area contributed by atoms with Gasteiger partial charge in [-0.15, -0.1) is 0 Å². The monoisotopic (exact) mass is 438 g/mol. The molecule has 1 amide bonds. The maximum Gasteiger partial charge on any atom is 0.264 e. The molecule has 1 heterocycles. The summed E-state index contributed by atoms with van der Waals surface area (Å²) in [7, 11) is -3.93. The second kappa shape index (κ2) is 8.15. The van der Waals surface area contributed by atoms with Crippen LogP contribution in [0.1, 0.15) is 41.3 Å². The largest absolute Gasteiger partial charge is 0.322 e. The van der Waals surface area contributed by atoms with Gasteiger partial charge in [0.05, 0.1) is 16.1 Å². The number of halogens is 1. The van der Waals surface area contributed by atoms with Gasteiger partial charge in [0.25, 0.3) is 15.9 Å². The molecule has 0 bridgehead atoms. The topological polar surface area (TPSA) is 66.5 Å². The summed E-state index contributed by atoms with van der Waals surface area (Å²) in [6.07, 6.45) is 0.607. The van der Waals surface area contributed by atoms with Crippen LogP contribution < -0.4 is 9.62 Å². The molecule has 1 N–H and O–H groups in total. The van der Waals surface area contributed by atoms with Crippen molar-refractivity contribution in [1.29, 1.82) is 0 Å². The van der Waals surface area contributed by atoms with E-state index in [4.69, 9.17) is 0 Å². The van der Waals surface area contributed by atoms with E-state index in [1.807, 2.05) is 24.3 Å². The first kappa shape index (κ1) is 21.1. The maximum atomic E-state index is 14.4. The number of sulfonamides is 1. The molecular weight excluding hydrogens is 415 g/mol. The molecule has 31 heavy (non-hydrogen) atoms. The second-order valence-corrected chi connectivity index (χ2v) is 9.69. The highest BCUT2D eigenvalue weighted by atomic mass is 32.2. The van der Waals surface area contributed by atoms with Gasteiger partial charge in [-0.05, 0) is 59.9 Å². The molecule has 1 aliphatic rings. The quantitative estimate of drug-likeness (QED) is 0.613. The minimum absolute atomic E-state index is 0.120. The molecule has 7 heteroatoms. The Morgan fingerprint density at radius 2 is 1.74 bits per heavy atom. The Hall–Kier alpha value is -3.19. The average Bonchev–Trinajstić information content (AvgIpc) is 3.19. The summed E-state index contributed by atoms with van der Waals surface area (Å²) < 4.78 is 42.2. The van der Waals surface area contributed by atoms with Gasteiger partial charge in [0.2, 0.25) is 0 Å². The molecule has 0 radical (unpaired) electrons. The van der Waals surface area contributed by atoms with Crippen molar-refractivity contribution >= 4 is 27.3 Å². The van der Waals surface area contributed by atoms with Crippen LogP contribution in [0.15, 0.2) is 71.6 Å². The number of fused-ring (bicyclic) bond motifs is 1. The first-order valence-corrected chi connectivity index (χ1v) is 11.5. The minimum atomic E-state index is -3.93. The molecule has 0 saturated heterocycles. The minimum Gasteiger partial charge on any atom is -0.322 e. The van der Waals surface area contributed by atoms with Crippen LogP contribution in [0.2, 0.25) is 0 Å². The van der Waals surface area contributed by atoms with Crippen molar-refractivity contribution in [3.63, 3.8) is 0 Å². The zero-order chi connectivity index (χ0) is 22.2. The molecular formula is C24H23FN2O3S. The van der Waals surface area contributed by atoms with E-state index in [0.29, 0.717) is 30.3 Å². The summed E-state index contributed by atoms with van der Waals surface area (Å²) in [6.45, 7) is 4.43. The Labute approximate surface area is 181 Å². The Bertz CT molecular complexity index is 1240. The number of hydrogen-bond acceptors (Lipinski definition) is 3. The van der Waals surface area contributed by atoms with Gasteiger partial charge < -0.3 is 5.32 Å². The van der Waals surface area contributed by atoms with Crippen molar-refractivity contribution in [2.75, 3.05) is 16.2 Å². The standard InChI is InChI=1S/C24H23FN2O3S/c1-16(2)17-7-9-19(10-8-17)26-24(28)21-15-20(11-12-22(21)25)31(29,30)27-14-13-18-5-3-4-6-23(18)27/h3-12,15-16H,13-14H2,1-2H3,(H,26,28). The van der Waals surface area contributed by atoms with Crippen LogP contribution in [0.25, 0.3) is 0 Å². The fourth-order valence-electron chi connectivity index (χ4n) is 3.67. The van der Waals surface area contributed by atoms with Crippen molar-refractivity contribution in [2.24, 2.45) is 0 Å². The zero-order valence-electron chi connectivity index (χ0n) is 17.3. The second-order valence-electron chi connectivity index (χ2n) is 7.83. The van der Waals surface area contributed by atoms with Crippen LogP contribution in [0, 0.1) is 5.82 Å². The van der Waals surface area contributed by atoms with E-state index in [2.05, 4.69) is 19.2 Å². The third kappa shape index (κ3) is 4.05. The van der Waals surface area contributed by atoms with Crippen molar-refractivity contribution in [3.8, 4) is 0 Å². The predicted molar refractivity (Wildman–Crippen MR) is 120 cm³/mol. The number of carbonyl (C=O) groups excluding carboxylic acids is 1. The van der Waals surface area contributed by atoms with Gasteiger partial charge in [-0.2, -0.15) is 0 Å². The lowest BCUT2D eigenvalue weighted by atomic mass is 10.0. The van der Waals surface area contributed by atoms with Crippen molar-refractivity contribution in [1.82, 2.24) is 0 Å². The number of carbonyl (C=O) groups is 1. The fourth-order valence-corrected chi connectivity index (χ4v) is 5.20. The van der Waals surface area contributed by atoms with Crippen LogP contribution in [-0.4, -0.2) is 20.9 Å². The lowest BCUT2D eigenvalue weighted by molar-refractivity contribution is 0.102. The molecule has 5 nitrogen and oxygen atoms in total. The highest BCUT2D eigenvalue weighted by Gasteiger charge is 2.31. The molecule has 0 aliphatic carbocycles. The average molecular weight is 439 g/mol. The number of nitrogens with zero attached hydrogens (tertiary/aromatic N) is 1. The number of anilines is 2. The Morgan fingerprint density at radius 1 is 1.03 bits per heavy atom. The Balaban J connectivity index is 1.62. The highest BCUT2D eigenvalue weighted by molar-refractivity contribution is 7.92. The lowest BCUT2D eigenvalue weighted by Gasteiger charge is -2.20. The van der Waals surface area contributed by atoms with Gasteiger partial charge in [0.1, 0.15) is 5.82 Å². The molecule has 0 saturated carbocycles. The summed E-state index contributed by atoms with van der Waals surface area (Å²) in [5.74, 6) is -1.13. The van der Waals surface area contributed by atoms with Gasteiger partial charge >= 0.3 is 0 Å². The van der Waals surface area contributed by atoms with Crippen LogP contribution >= 0.6 is 0 Å². The van der Waals surface area contributed by atoms with Gasteiger partial charge in [0.15, 0.2) is 0 Å². The SMILES string of the molecule is CC(C)c1ccc(NC(=O)c2cc(S(=O)(=O)N3CCc4ccccc43)ccc2F)cc1. The molecule has 3 aromatic rings. The summed E-state index contributed by atoms with van der Waals surface area (Å²) in [6, 6.07) is 17.9. The molecule has 160 valence electrons. The van der Waals surface area contributed by atoms with Gasteiger partial charge in [-0.1, -0.05) is 44.2 Å². The number of benzene rings is 3. The van der Waals surface area contributed by atoms with Gasteiger partial charge in [-0.25, -0.2) is 12.8 Å². The molecule has 4 rings (SSSR count). The Morgan fingerprint density at radius 3 is 2.45 bits per heavy atom. The molecule has 0 aromatic heterocycles. The van der Waals surface area contributed by atoms with Gasteiger partial charge in [0, 0.05) is 12.2 Å². The van der Waals surface area contributed by atoms with Crippen LogP contribution in [0.4, 0.5) is 15.8 Å². The van der Waals surface area contributed by atoms with E-state index >= 15 is 0 Å². The predicted octanol–water partition coefficient (Wildman–Crippen LogP) is 4.95. The number of rotatable bonds is 5. The molecule has 0 fully saturated rings. The summed E-state index contributed by atoms with van der Waals surface area (Å²) in [4.78, 5) is 12.6. The molecule has 0 atom stereocenters. The number of hydrogen-bond donors (Lipinski definition) is 1. The van der Waals surface area contributed by atoms with Crippen molar-refractivity contribution in [2.45, 2.75) is 31.1 Å². The Kier molecular flexibility index (Phi) is 5.54. The van der Waals surface area contributed by atoms with E-state index in [-0.39, 0.29) is 10.5 Å². The molecule has 0 unspecified atom stereocenters. The van der Waals surface area contributed by atoms with Crippen LogP contribution in [0.5, 0.6) is 0 Å². The first-order valence-electron chi connectivity index (χ1n) is 10.1. The maximum absolute atomic E-state index is 14.4. The van der Waals surface area contributed by atoms with E-state index in [9.17, 15) is 17.6 Å². The smallest absolute Gasteiger partial charge is 0.264 e. The molecule has 3 aromatic carbocycles. The van der Waals surface area contributed by atoms with Gasteiger partial charge in [-0.3, -0.25) is 9.10 Å². The highest BCUT2D eigenvalue weighted by Crippen LogP contribution is 2.33. The van der Waals surface area contributed by atoms with Crippen LogP contribution in [0.3, 0.4) is 0 Å². The lowest BCUT2D eigenvalue weighted by Crippen LogP contribution is -2.29. The van der Waals surface area contributed by atoms with E-state index in [1.54, 1.807) is 24.3 Å². The number of para-hydroxylation sites is 1. The zero-order valence-corrected chi connectivity index (χ0v) is 18.1. The third-order valence-corrected chi connectivity index (χ3v) is 7.26. The molecule has 1 aliphatic heterocycles. The number of nitrogens with one attached hydrogen (secondary N) is 1. The summed E-state index contributed by atoms with van der Waals surface area (Å²) >= 11 is 0. The molecule has 0 spiro atoms. The normalized spacial score (nSPS) is 13.4. The fraction of sp³-hybridized carbons (Fsp3) is 0.208. The van der Waals surface area contributed by atoms with Crippen LogP contribution in [-0.2, 0) is 16.4 Å². The van der Waals surface area contributed by atoms with E-state index in [0.717, 1.165) is 23.3 Å². The van der Waals surface area contributed by atoms with Crippen molar-refractivity contribution < 1.29 is 17.6 Å². The third-order valence-electron chi connectivity index (χ3n) is 5.45. The number of amides is 1. The van der Waals surface area contributed by atoms with Crippen molar-refractivity contribution in [3.05, 3.63) is 89.2 Å². The van der Waals surface area contributed by atoms with E-state index < -0.39 is 21.7 Å².